The summed E-state index contributed by atoms with van der Waals surface area (Å²) in [5.74, 6) is 0.827. The average Bonchev–Trinajstić information content (AvgIpc) is 2.92. The van der Waals surface area contributed by atoms with Crippen molar-refractivity contribution in [2.45, 2.75) is 27.3 Å². The van der Waals surface area contributed by atoms with Gasteiger partial charge in [-0.15, -0.1) is 0 Å². The SMILES string of the molecule is Cc1noc(C)c1Cn1c(=S)[nH]c2c(C)nn(C)c21. The molecule has 0 amide bonds. The number of hydrogen-bond donors (Lipinski definition) is 1. The third-order valence-corrected chi connectivity index (χ3v) is 3.74. The van der Waals surface area contributed by atoms with E-state index in [9.17, 15) is 0 Å². The van der Waals surface area contributed by atoms with E-state index in [1.165, 1.54) is 0 Å². The number of hydrogen-bond acceptors (Lipinski definition) is 4. The molecule has 0 aliphatic rings. The number of H-pyrrole nitrogens is 1. The molecule has 19 heavy (non-hydrogen) atoms. The monoisotopic (exact) mass is 277 g/mol. The van der Waals surface area contributed by atoms with Gasteiger partial charge in [0.15, 0.2) is 10.4 Å². The Kier molecular flexibility index (Phi) is 2.60. The number of nitrogens with zero attached hydrogens (tertiary/aromatic N) is 4. The van der Waals surface area contributed by atoms with Gasteiger partial charge < -0.3 is 9.51 Å². The van der Waals surface area contributed by atoms with Gasteiger partial charge in [0, 0.05) is 12.6 Å². The van der Waals surface area contributed by atoms with Crippen molar-refractivity contribution in [3.63, 3.8) is 0 Å². The highest BCUT2D eigenvalue weighted by Crippen LogP contribution is 2.20. The maximum Gasteiger partial charge on any atom is 0.179 e. The number of aromatic amines is 1. The molecule has 3 rings (SSSR count). The topological polar surface area (TPSA) is 64.6 Å². The summed E-state index contributed by atoms with van der Waals surface area (Å²) in [7, 11) is 1.92. The van der Waals surface area contributed by atoms with Gasteiger partial charge in [-0.25, -0.2) is 0 Å². The van der Waals surface area contributed by atoms with Crippen LogP contribution < -0.4 is 0 Å². The van der Waals surface area contributed by atoms with Gasteiger partial charge in [-0.2, -0.15) is 5.10 Å². The largest absolute Gasteiger partial charge is 0.361 e. The minimum absolute atomic E-state index is 0.638. The minimum atomic E-state index is 0.638. The highest BCUT2D eigenvalue weighted by Gasteiger charge is 2.16. The van der Waals surface area contributed by atoms with Crippen LogP contribution >= 0.6 is 12.2 Å². The fourth-order valence-electron chi connectivity index (χ4n) is 2.40. The summed E-state index contributed by atoms with van der Waals surface area (Å²) in [6.07, 6.45) is 0. The van der Waals surface area contributed by atoms with Gasteiger partial charge in [0.25, 0.3) is 0 Å². The fraction of sp³-hybridized carbons (Fsp3) is 0.417. The molecule has 0 saturated heterocycles. The smallest absolute Gasteiger partial charge is 0.179 e. The van der Waals surface area contributed by atoms with Crippen LogP contribution in [0.25, 0.3) is 11.2 Å². The van der Waals surface area contributed by atoms with Crippen molar-refractivity contribution in [2.75, 3.05) is 0 Å². The highest BCUT2D eigenvalue weighted by atomic mass is 32.1. The highest BCUT2D eigenvalue weighted by molar-refractivity contribution is 7.71. The molecule has 3 heterocycles. The van der Waals surface area contributed by atoms with E-state index in [1.807, 2.05) is 37.1 Å². The Morgan fingerprint density at radius 3 is 2.63 bits per heavy atom. The van der Waals surface area contributed by atoms with E-state index in [4.69, 9.17) is 16.7 Å². The molecule has 100 valence electrons. The Balaban J connectivity index is 2.21. The van der Waals surface area contributed by atoms with Gasteiger partial charge in [0.1, 0.15) is 11.3 Å². The molecular formula is C12H15N5OS. The lowest BCUT2D eigenvalue weighted by molar-refractivity contribution is 0.392. The molecule has 7 heteroatoms. The third-order valence-electron chi connectivity index (χ3n) is 3.42. The van der Waals surface area contributed by atoms with Crippen LogP contribution in [-0.2, 0) is 13.6 Å². The molecule has 0 aromatic carbocycles. The Morgan fingerprint density at radius 1 is 1.26 bits per heavy atom. The number of fused-ring (bicyclic) bond motifs is 1. The van der Waals surface area contributed by atoms with Crippen LogP contribution in [0.5, 0.6) is 0 Å². The second-order valence-electron chi connectivity index (χ2n) is 4.73. The number of rotatable bonds is 2. The Bertz CT molecular complexity index is 800. The standard InChI is InChI=1S/C12H15N5OS/c1-6-9(8(3)18-15-6)5-17-11-10(13-12(17)19)7(2)14-16(11)4/h5H2,1-4H3,(H,13,19). The quantitative estimate of drug-likeness (QED) is 0.730. The molecule has 6 nitrogen and oxygen atoms in total. The van der Waals surface area contributed by atoms with Crippen molar-refractivity contribution in [1.82, 2.24) is 24.5 Å². The van der Waals surface area contributed by atoms with Crippen molar-refractivity contribution in [3.05, 3.63) is 27.5 Å². The first-order valence-corrected chi connectivity index (χ1v) is 6.43. The van der Waals surface area contributed by atoms with Crippen LogP contribution in [0, 0.1) is 25.5 Å². The van der Waals surface area contributed by atoms with Crippen molar-refractivity contribution < 1.29 is 4.52 Å². The molecule has 0 aliphatic carbocycles. The van der Waals surface area contributed by atoms with Gasteiger partial charge in [0.05, 0.1) is 17.9 Å². The summed E-state index contributed by atoms with van der Waals surface area (Å²) in [6, 6.07) is 0. The summed E-state index contributed by atoms with van der Waals surface area (Å²) in [5, 5.41) is 8.38. The fourth-order valence-corrected chi connectivity index (χ4v) is 2.66. The second kappa shape index (κ2) is 4.06. The zero-order chi connectivity index (χ0) is 13.7. The van der Waals surface area contributed by atoms with Crippen molar-refractivity contribution >= 4 is 23.4 Å². The second-order valence-corrected chi connectivity index (χ2v) is 5.11. The molecule has 0 atom stereocenters. The van der Waals surface area contributed by atoms with Gasteiger partial charge >= 0.3 is 0 Å². The first-order valence-electron chi connectivity index (χ1n) is 6.03. The maximum absolute atomic E-state index is 5.40. The molecule has 0 fully saturated rings. The number of aromatic nitrogens is 5. The predicted molar refractivity (Wildman–Crippen MR) is 73.7 cm³/mol. The first kappa shape index (κ1) is 12.2. The van der Waals surface area contributed by atoms with Crippen LogP contribution in [0.3, 0.4) is 0 Å². The average molecular weight is 277 g/mol. The van der Waals surface area contributed by atoms with Crippen LogP contribution in [0.2, 0.25) is 0 Å². The van der Waals surface area contributed by atoms with Crippen molar-refractivity contribution in [1.29, 1.82) is 0 Å². The van der Waals surface area contributed by atoms with E-state index in [2.05, 4.69) is 15.2 Å². The van der Waals surface area contributed by atoms with Gasteiger partial charge in [-0.05, 0) is 33.0 Å². The van der Waals surface area contributed by atoms with Gasteiger partial charge in [-0.1, -0.05) is 5.16 Å². The van der Waals surface area contributed by atoms with E-state index in [0.717, 1.165) is 33.9 Å². The first-order chi connectivity index (χ1) is 8.99. The Morgan fingerprint density at radius 2 is 2.00 bits per heavy atom. The summed E-state index contributed by atoms with van der Waals surface area (Å²) in [4.78, 5) is 3.21. The molecular weight excluding hydrogens is 262 g/mol. The molecule has 3 aromatic heterocycles. The van der Waals surface area contributed by atoms with E-state index < -0.39 is 0 Å². The number of imidazole rings is 1. The zero-order valence-electron chi connectivity index (χ0n) is 11.3. The molecule has 0 spiro atoms. The summed E-state index contributed by atoms with van der Waals surface area (Å²) >= 11 is 5.40. The summed E-state index contributed by atoms with van der Waals surface area (Å²) in [5.41, 5.74) is 4.88. The lowest BCUT2D eigenvalue weighted by atomic mass is 10.2. The number of nitrogens with one attached hydrogen (secondary N) is 1. The molecule has 0 radical (unpaired) electrons. The third kappa shape index (κ3) is 1.73. The zero-order valence-corrected chi connectivity index (χ0v) is 12.1. The lowest BCUT2D eigenvalue weighted by Crippen LogP contribution is -2.05. The van der Waals surface area contributed by atoms with Crippen LogP contribution in [-0.4, -0.2) is 24.5 Å². The lowest BCUT2D eigenvalue weighted by Gasteiger charge is -2.04. The molecule has 0 unspecified atom stereocenters. The summed E-state index contributed by atoms with van der Waals surface area (Å²) < 4.78 is 9.76. The van der Waals surface area contributed by atoms with Crippen LogP contribution in [0.1, 0.15) is 22.7 Å². The normalized spacial score (nSPS) is 11.6. The van der Waals surface area contributed by atoms with E-state index >= 15 is 0 Å². The van der Waals surface area contributed by atoms with Crippen LogP contribution in [0.15, 0.2) is 4.52 Å². The van der Waals surface area contributed by atoms with E-state index in [0.29, 0.717) is 11.3 Å². The van der Waals surface area contributed by atoms with Gasteiger partial charge in [0.2, 0.25) is 0 Å². The molecule has 0 saturated carbocycles. The van der Waals surface area contributed by atoms with E-state index in [-0.39, 0.29) is 0 Å². The van der Waals surface area contributed by atoms with Crippen LogP contribution in [0.4, 0.5) is 0 Å². The molecule has 1 N–H and O–H groups in total. The molecule has 3 aromatic rings. The van der Waals surface area contributed by atoms with Crippen molar-refractivity contribution in [3.8, 4) is 0 Å². The molecule has 0 bridgehead atoms. The van der Waals surface area contributed by atoms with E-state index in [1.54, 1.807) is 0 Å². The number of aryl methyl sites for hydroxylation is 4. The Hall–Kier alpha value is -1.89. The molecule has 0 aliphatic heterocycles. The van der Waals surface area contributed by atoms with Crippen molar-refractivity contribution in [2.24, 2.45) is 7.05 Å². The predicted octanol–water partition coefficient (Wildman–Crippen LogP) is 2.39. The maximum atomic E-state index is 5.40. The Labute approximate surface area is 115 Å². The minimum Gasteiger partial charge on any atom is -0.361 e. The van der Waals surface area contributed by atoms with Gasteiger partial charge in [-0.3, -0.25) is 9.25 Å². The summed E-state index contributed by atoms with van der Waals surface area (Å²) in [6.45, 7) is 6.46.